The van der Waals surface area contributed by atoms with Crippen molar-refractivity contribution in [3.8, 4) is 55.6 Å². The first kappa shape index (κ1) is 28.9. The lowest BCUT2D eigenvalue weighted by molar-refractivity contribution is 1.51. The molecule has 0 unspecified atom stereocenters. The number of anilines is 2. The van der Waals surface area contributed by atoms with E-state index in [4.69, 9.17) is 11.5 Å². The van der Waals surface area contributed by atoms with Crippen molar-refractivity contribution in [2.75, 3.05) is 11.5 Å². The van der Waals surface area contributed by atoms with Gasteiger partial charge in [0.25, 0.3) is 0 Å². The van der Waals surface area contributed by atoms with E-state index in [1.807, 2.05) is 48.5 Å². The normalized spacial score (nSPS) is 11.0. The van der Waals surface area contributed by atoms with Gasteiger partial charge in [0, 0.05) is 51.5 Å². The highest BCUT2D eigenvalue weighted by atomic mass is 79.9. The van der Waals surface area contributed by atoms with Crippen LogP contribution in [0.1, 0.15) is 0 Å². The van der Waals surface area contributed by atoms with Crippen LogP contribution >= 0.6 is 63.7 Å². The number of halogens is 4. The first-order valence-corrected chi connectivity index (χ1v) is 16.4. The van der Waals surface area contributed by atoms with E-state index < -0.39 is 0 Å². The van der Waals surface area contributed by atoms with Crippen LogP contribution in [0, 0.1) is 0 Å². The molecule has 2 nitrogen and oxygen atoms in total. The summed E-state index contributed by atoms with van der Waals surface area (Å²) in [6, 6.07) is 41.6. The monoisotopic (exact) mass is 800 g/mol. The standard InChI is InChI=1S/C36H24Br4N2/c37-26-9-1-5-22(17-26)32-31(21-13-15-30(41)16-14-21)33(23-6-2-10-27(38)18-23)35(25-8-4-12-29(40)20-25)36(42)34(32)24-7-3-11-28(39)19-24/h1-20H,41-42H2. The average molecular weight is 804 g/mol. The van der Waals surface area contributed by atoms with Crippen molar-refractivity contribution in [3.05, 3.63) is 139 Å². The second-order valence-corrected chi connectivity index (χ2v) is 13.6. The van der Waals surface area contributed by atoms with Crippen molar-refractivity contribution in [2.24, 2.45) is 0 Å². The molecule has 42 heavy (non-hydrogen) atoms. The maximum atomic E-state index is 7.40. The summed E-state index contributed by atoms with van der Waals surface area (Å²) in [5.41, 5.74) is 25.3. The largest absolute Gasteiger partial charge is 0.399 e. The zero-order valence-corrected chi connectivity index (χ0v) is 28.6. The highest BCUT2D eigenvalue weighted by molar-refractivity contribution is 9.11. The van der Waals surface area contributed by atoms with Crippen molar-refractivity contribution in [3.63, 3.8) is 0 Å². The van der Waals surface area contributed by atoms with E-state index in [1.165, 1.54) is 0 Å². The quantitative estimate of drug-likeness (QED) is 0.171. The predicted molar refractivity (Wildman–Crippen MR) is 193 cm³/mol. The van der Waals surface area contributed by atoms with Crippen LogP contribution in [-0.4, -0.2) is 0 Å². The van der Waals surface area contributed by atoms with E-state index in [-0.39, 0.29) is 0 Å². The summed E-state index contributed by atoms with van der Waals surface area (Å²) in [6.07, 6.45) is 0. The summed E-state index contributed by atoms with van der Waals surface area (Å²) < 4.78 is 3.94. The summed E-state index contributed by atoms with van der Waals surface area (Å²) >= 11 is 14.9. The van der Waals surface area contributed by atoms with E-state index in [0.717, 1.165) is 73.5 Å². The van der Waals surface area contributed by atoms with Gasteiger partial charge < -0.3 is 11.5 Å². The third kappa shape index (κ3) is 5.73. The molecular weight excluding hydrogens is 780 g/mol. The Labute approximate surface area is 279 Å². The minimum atomic E-state index is 0.704. The number of rotatable bonds is 5. The van der Waals surface area contributed by atoms with Gasteiger partial charge in [-0.3, -0.25) is 0 Å². The molecule has 206 valence electrons. The number of hydrogen-bond acceptors (Lipinski definition) is 2. The lowest BCUT2D eigenvalue weighted by atomic mass is 9.77. The van der Waals surface area contributed by atoms with Crippen molar-refractivity contribution in [1.29, 1.82) is 0 Å². The third-order valence-corrected chi connectivity index (χ3v) is 9.16. The number of nitrogens with two attached hydrogens (primary N) is 2. The van der Waals surface area contributed by atoms with Crippen LogP contribution in [0.5, 0.6) is 0 Å². The lowest BCUT2D eigenvalue weighted by Crippen LogP contribution is -2.04. The first-order valence-electron chi connectivity index (χ1n) is 13.2. The van der Waals surface area contributed by atoms with Gasteiger partial charge in [0.2, 0.25) is 0 Å². The van der Waals surface area contributed by atoms with E-state index in [9.17, 15) is 0 Å². The molecule has 0 bridgehead atoms. The van der Waals surface area contributed by atoms with Crippen molar-refractivity contribution in [2.45, 2.75) is 0 Å². The predicted octanol–water partition coefficient (Wildman–Crippen LogP) is 12.2. The molecule has 6 aromatic rings. The molecule has 0 amide bonds. The van der Waals surface area contributed by atoms with Crippen molar-refractivity contribution >= 4 is 75.1 Å². The molecule has 6 rings (SSSR count). The van der Waals surface area contributed by atoms with Crippen LogP contribution < -0.4 is 11.5 Å². The summed E-state index contributed by atoms with van der Waals surface area (Å²) in [6.45, 7) is 0. The van der Waals surface area contributed by atoms with Crippen LogP contribution in [0.25, 0.3) is 55.6 Å². The van der Waals surface area contributed by atoms with E-state index in [0.29, 0.717) is 11.4 Å². The Hall–Kier alpha value is -3.16. The van der Waals surface area contributed by atoms with Crippen LogP contribution in [-0.2, 0) is 0 Å². The van der Waals surface area contributed by atoms with Gasteiger partial charge >= 0.3 is 0 Å². The van der Waals surface area contributed by atoms with E-state index in [1.54, 1.807) is 0 Å². The minimum absolute atomic E-state index is 0.704. The zero-order chi connectivity index (χ0) is 29.4. The Morgan fingerprint density at radius 3 is 0.976 bits per heavy atom. The van der Waals surface area contributed by atoms with Crippen LogP contribution in [0.3, 0.4) is 0 Å². The molecule has 6 aromatic carbocycles. The van der Waals surface area contributed by atoms with E-state index in [2.05, 4.69) is 137 Å². The molecule has 0 radical (unpaired) electrons. The molecule has 0 fully saturated rings. The highest BCUT2D eigenvalue weighted by Gasteiger charge is 2.27. The minimum Gasteiger partial charge on any atom is -0.399 e. The Morgan fingerprint density at radius 2 is 0.643 bits per heavy atom. The number of hydrogen-bond donors (Lipinski definition) is 2. The van der Waals surface area contributed by atoms with E-state index >= 15 is 0 Å². The molecule has 0 aromatic heterocycles. The van der Waals surface area contributed by atoms with Crippen LogP contribution in [0.15, 0.2) is 139 Å². The van der Waals surface area contributed by atoms with Gasteiger partial charge in [-0.25, -0.2) is 0 Å². The van der Waals surface area contributed by atoms with Crippen molar-refractivity contribution in [1.82, 2.24) is 0 Å². The molecule has 0 saturated carbocycles. The Morgan fingerprint density at radius 1 is 0.333 bits per heavy atom. The molecule has 4 N–H and O–H groups in total. The van der Waals surface area contributed by atoms with Gasteiger partial charge in [-0.15, -0.1) is 0 Å². The maximum absolute atomic E-state index is 7.40. The average Bonchev–Trinajstić information content (AvgIpc) is 2.97. The fraction of sp³-hybridized carbons (Fsp3) is 0. The molecule has 0 aliphatic heterocycles. The number of nitrogen functional groups attached to an aromatic ring is 2. The molecule has 6 heteroatoms. The fourth-order valence-electron chi connectivity index (χ4n) is 5.46. The second-order valence-electron chi connectivity index (χ2n) is 9.95. The van der Waals surface area contributed by atoms with Gasteiger partial charge in [-0.2, -0.15) is 0 Å². The molecule has 0 atom stereocenters. The summed E-state index contributed by atoms with van der Waals surface area (Å²) in [5.74, 6) is 0. The number of benzene rings is 6. The summed E-state index contributed by atoms with van der Waals surface area (Å²) in [5, 5.41) is 0. The van der Waals surface area contributed by atoms with Crippen LogP contribution in [0.4, 0.5) is 11.4 Å². The van der Waals surface area contributed by atoms with Gasteiger partial charge in [-0.05, 0) is 94.0 Å². The maximum Gasteiger partial charge on any atom is 0.0486 e. The SMILES string of the molecule is Nc1ccc(-c2c(-c3cccc(Br)c3)c(-c3cccc(Br)c3)c(N)c(-c3cccc(Br)c3)c2-c2cccc(Br)c2)cc1. The highest BCUT2D eigenvalue weighted by Crippen LogP contribution is 2.54. The van der Waals surface area contributed by atoms with Gasteiger partial charge in [-0.1, -0.05) is 124 Å². The van der Waals surface area contributed by atoms with Crippen LogP contribution in [0.2, 0.25) is 0 Å². The first-order chi connectivity index (χ1) is 20.3. The third-order valence-electron chi connectivity index (χ3n) is 7.19. The molecule has 0 aliphatic carbocycles. The Balaban J connectivity index is 1.91. The topological polar surface area (TPSA) is 52.0 Å². The smallest absolute Gasteiger partial charge is 0.0486 e. The summed E-state index contributed by atoms with van der Waals surface area (Å²) in [7, 11) is 0. The Bertz CT molecular complexity index is 1830. The molecule has 0 spiro atoms. The molecule has 0 saturated heterocycles. The van der Waals surface area contributed by atoms with Gasteiger partial charge in [0.1, 0.15) is 0 Å². The van der Waals surface area contributed by atoms with Crippen molar-refractivity contribution < 1.29 is 0 Å². The zero-order valence-electron chi connectivity index (χ0n) is 22.2. The van der Waals surface area contributed by atoms with Gasteiger partial charge in [0.15, 0.2) is 0 Å². The summed E-state index contributed by atoms with van der Waals surface area (Å²) in [4.78, 5) is 0. The molecule has 0 aliphatic rings. The molecular formula is C36H24Br4N2. The lowest BCUT2D eigenvalue weighted by Gasteiger charge is -2.27. The fourth-order valence-corrected chi connectivity index (χ4v) is 7.06. The second kappa shape index (κ2) is 12.2. The van der Waals surface area contributed by atoms with Gasteiger partial charge in [0.05, 0.1) is 0 Å². The molecule has 0 heterocycles. The Kier molecular flexibility index (Phi) is 8.42.